The van der Waals surface area contributed by atoms with Crippen LogP contribution in [0.25, 0.3) is 0 Å². The highest BCUT2D eigenvalue weighted by atomic mass is 32.1. The van der Waals surface area contributed by atoms with E-state index in [4.69, 9.17) is 4.74 Å². The minimum Gasteiger partial charge on any atom is -0.465 e. The first-order chi connectivity index (χ1) is 11.7. The molecule has 4 rings (SSSR count). The van der Waals surface area contributed by atoms with Crippen LogP contribution < -0.4 is 5.32 Å². The second-order valence-electron chi connectivity index (χ2n) is 5.84. The summed E-state index contributed by atoms with van der Waals surface area (Å²) in [5, 5.41) is 3.39. The Morgan fingerprint density at radius 3 is 2.88 bits per heavy atom. The largest absolute Gasteiger partial charge is 0.465 e. The summed E-state index contributed by atoms with van der Waals surface area (Å²) in [6.07, 6.45) is 4.00. The lowest BCUT2D eigenvalue weighted by Crippen LogP contribution is -2.14. The second kappa shape index (κ2) is 5.87. The molecule has 6 heteroatoms. The Balaban J connectivity index is 1.87. The van der Waals surface area contributed by atoms with E-state index in [-0.39, 0.29) is 11.9 Å². The number of aliphatic imine (C=N–C) groups is 1. The number of ether oxygens (including phenoxy) is 1. The second-order valence-corrected chi connectivity index (χ2v) is 6.93. The molecule has 2 heterocycles. The molecule has 0 spiro atoms. The van der Waals surface area contributed by atoms with Gasteiger partial charge in [-0.1, -0.05) is 18.2 Å². The predicted molar refractivity (Wildman–Crippen MR) is 93.6 cm³/mol. The molecule has 2 aromatic rings. The molecule has 1 aromatic heterocycles. The Morgan fingerprint density at radius 1 is 1.25 bits per heavy atom. The Labute approximate surface area is 143 Å². The van der Waals surface area contributed by atoms with E-state index in [0.717, 1.165) is 42.5 Å². The molecule has 0 fully saturated rings. The maximum absolute atomic E-state index is 12.3. The van der Waals surface area contributed by atoms with Crippen LogP contribution in [0.15, 0.2) is 29.3 Å². The predicted octanol–water partition coefficient (Wildman–Crippen LogP) is 3.49. The van der Waals surface area contributed by atoms with Gasteiger partial charge in [-0.05, 0) is 37.3 Å². The van der Waals surface area contributed by atoms with Crippen molar-refractivity contribution in [2.45, 2.75) is 25.7 Å². The number of hydrogen-bond acceptors (Lipinski definition) is 5. The Hall–Kier alpha value is -2.47. The van der Waals surface area contributed by atoms with E-state index in [1.807, 2.05) is 24.3 Å². The number of rotatable bonds is 2. The number of hydrogen-bond donors (Lipinski definition) is 1. The summed E-state index contributed by atoms with van der Waals surface area (Å²) < 4.78 is 4.96. The van der Waals surface area contributed by atoms with Gasteiger partial charge in [-0.2, -0.15) is 0 Å². The lowest BCUT2D eigenvalue weighted by Gasteiger charge is -2.11. The molecular weight excluding hydrogens is 324 g/mol. The summed E-state index contributed by atoms with van der Waals surface area (Å²) in [7, 11) is 1.38. The average Bonchev–Trinajstić information content (AvgIpc) is 3.12. The van der Waals surface area contributed by atoms with Crippen LogP contribution in [0.5, 0.6) is 0 Å². The van der Waals surface area contributed by atoms with Crippen molar-refractivity contribution >= 4 is 39.6 Å². The number of nitrogens with one attached hydrogen (secondary N) is 1. The first-order valence-electron chi connectivity index (χ1n) is 7.91. The van der Waals surface area contributed by atoms with Crippen molar-refractivity contribution in [2.24, 2.45) is 4.99 Å². The molecule has 0 unspecified atom stereocenters. The van der Waals surface area contributed by atoms with Gasteiger partial charge in [0.2, 0.25) is 0 Å². The summed E-state index contributed by atoms with van der Waals surface area (Å²) in [5.74, 6) is -0.612. The maximum atomic E-state index is 12.3. The van der Waals surface area contributed by atoms with Crippen molar-refractivity contribution in [3.8, 4) is 0 Å². The average molecular weight is 340 g/mol. The number of amides is 1. The quantitative estimate of drug-likeness (QED) is 0.851. The number of para-hydroxylation sites is 1. The van der Waals surface area contributed by atoms with E-state index in [1.165, 1.54) is 23.3 Å². The van der Waals surface area contributed by atoms with Crippen LogP contribution >= 0.6 is 11.3 Å². The fourth-order valence-electron chi connectivity index (χ4n) is 3.26. The fourth-order valence-corrected chi connectivity index (χ4v) is 4.51. The highest BCUT2D eigenvalue weighted by Crippen LogP contribution is 2.41. The number of esters is 1. The number of fused-ring (bicyclic) bond motifs is 2. The zero-order chi connectivity index (χ0) is 16.7. The highest BCUT2D eigenvalue weighted by Gasteiger charge is 2.29. The molecule has 0 saturated carbocycles. The molecule has 0 bridgehead atoms. The first-order valence-corrected chi connectivity index (χ1v) is 8.73. The van der Waals surface area contributed by atoms with E-state index in [9.17, 15) is 9.59 Å². The summed E-state index contributed by atoms with van der Waals surface area (Å²) >= 11 is 1.50. The van der Waals surface area contributed by atoms with Crippen LogP contribution in [-0.4, -0.2) is 24.7 Å². The standard InChI is InChI=1S/C18H16N2O3S/c1-23-18(22)14-11-7-3-5-9-13(11)24-17(14)20-15-10-6-2-4-8-12(10)19-16(15)21/h2,4,6,8H,3,5,7,9H2,1H3,(H,19,20,21). The molecular formula is C18H16N2O3S. The molecule has 122 valence electrons. The molecule has 1 aliphatic carbocycles. The van der Waals surface area contributed by atoms with Gasteiger partial charge in [-0.25, -0.2) is 9.79 Å². The molecule has 0 saturated heterocycles. The van der Waals surface area contributed by atoms with Gasteiger partial charge in [-0.15, -0.1) is 11.3 Å². The third-order valence-corrected chi connectivity index (χ3v) is 5.59. The molecule has 1 aliphatic heterocycles. The summed E-state index contributed by atoms with van der Waals surface area (Å²) in [6.45, 7) is 0. The minimum atomic E-state index is -0.375. The zero-order valence-corrected chi connectivity index (χ0v) is 14.0. The van der Waals surface area contributed by atoms with E-state index in [1.54, 1.807) is 0 Å². The van der Waals surface area contributed by atoms with E-state index in [2.05, 4.69) is 10.3 Å². The summed E-state index contributed by atoms with van der Waals surface area (Å²) in [5.41, 5.74) is 3.45. The molecule has 5 nitrogen and oxygen atoms in total. The van der Waals surface area contributed by atoms with Gasteiger partial charge in [-0.3, -0.25) is 4.79 Å². The topological polar surface area (TPSA) is 67.8 Å². The number of nitrogens with zero attached hydrogens (tertiary/aromatic N) is 1. The maximum Gasteiger partial charge on any atom is 0.341 e. The van der Waals surface area contributed by atoms with Crippen LogP contribution in [0.1, 0.15) is 39.2 Å². The number of methoxy groups -OCH3 is 1. The van der Waals surface area contributed by atoms with Crippen LogP contribution in [-0.2, 0) is 22.4 Å². The van der Waals surface area contributed by atoms with Crippen molar-refractivity contribution in [1.29, 1.82) is 0 Å². The highest BCUT2D eigenvalue weighted by molar-refractivity contribution is 7.16. The monoisotopic (exact) mass is 340 g/mol. The number of benzene rings is 1. The summed E-state index contributed by atoms with van der Waals surface area (Å²) in [6, 6.07) is 7.44. The van der Waals surface area contributed by atoms with Crippen molar-refractivity contribution in [3.05, 3.63) is 45.8 Å². The number of thiophene rings is 1. The molecule has 0 atom stereocenters. The van der Waals surface area contributed by atoms with Crippen LogP contribution in [0.4, 0.5) is 10.7 Å². The molecule has 1 amide bonds. The Bertz CT molecular complexity index is 882. The first kappa shape index (κ1) is 15.1. The minimum absolute atomic E-state index is 0.238. The third kappa shape index (κ3) is 2.34. The zero-order valence-electron chi connectivity index (χ0n) is 13.2. The van der Waals surface area contributed by atoms with Crippen LogP contribution in [0.2, 0.25) is 0 Å². The molecule has 0 radical (unpaired) electrons. The Morgan fingerprint density at radius 2 is 2.04 bits per heavy atom. The van der Waals surface area contributed by atoms with Gasteiger partial charge in [0.1, 0.15) is 10.7 Å². The fraction of sp³-hybridized carbons (Fsp3) is 0.278. The van der Waals surface area contributed by atoms with Crippen molar-refractivity contribution in [2.75, 3.05) is 12.4 Å². The lowest BCUT2D eigenvalue weighted by molar-refractivity contribution is -0.110. The number of anilines is 1. The number of carbonyl (C=O) groups is 2. The number of aryl methyl sites for hydroxylation is 1. The van der Waals surface area contributed by atoms with Gasteiger partial charge >= 0.3 is 5.97 Å². The molecule has 24 heavy (non-hydrogen) atoms. The van der Waals surface area contributed by atoms with Gasteiger partial charge in [0, 0.05) is 10.4 Å². The third-order valence-electron chi connectivity index (χ3n) is 4.40. The van der Waals surface area contributed by atoms with Gasteiger partial charge in [0.15, 0.2) is 0 Å². The van der Waals surface area contributed by atoms with Gasteiger partial charge < -0.3 is 10.1 Å². The van der Waals surface area contributed by atoms with Gasteiger partial charge in [0.25, 0.3) is 5.91 Å². The van der Waals surface area contributed by atoms with E-state index < -0.39 is 0 Å². The smallest absolute Gasteiger partial charge is 0.341 e. The molecule has 2 aliphatic rings. The normalized spacial score (nSPS) is 17.4. The number of carbonyl (C=O) groups excluding carboxylic acids is 2. The lowest BCUT2D eigenvalue weighted by atomic mass is 9.95. The van der Waals surface area contributed by atoms with Crippen LogP contribution in [0.3, 0.4) is 0 Å². The van der Waals surface area contributed by atoms with Crippen molar-refractivity contribution < 1.29 is 14.3 Å². The molecule has 1 aromatic carbocycles. The molecule has 1 N–H and O–H groups in total. The van der Waals surface area contributed by atoms with Gasteiger partial charge in [0.05, 0.1) is 18.4 Å². The van der Waals surface area contributed by atoms with Crippen molar-refractivity contribution in [3.63, 3.8) is 0 Å². The van der Waals surface area contributed by atoms with Crippen LogP contribution in [0, 0.1) is 0 Å². The SMILES string of the molecule is COC(=O)c1c(N=C2C(=O)Nc3ccccc32)sc2c1CCCC2. The van der Waals surface area contributed by atoms with E-state index in [0.29, 0.717) is 16.3 Å². The summed E-state index contributed by atoms with van der Waals surface area (Å²) in [4.78, 5) is 30.3. The van der Waals surface area contributed by atoms with E-state index >= 15 is 0 Å². The Kier molecular flexibility index (Phi) is 3.69. The van der Waals surface area contributed by atoms with Crippen molar-refractivity contribution in [1.82, 2.24) is 0 Å².